The Morgan fingerprint density at radius 1 is 1.33 bits per heavy atom. The van der Waals surface area contributed by atoms with E-state index in [1.165, 1.54) is 19.3 Å². The van der Waals surface area contributed by atoms with Crippen LogP contribution in [-0.4, -0.2) is 12.4 Å². The Labute approximate surface area is 121 Å². The zero-order chi connectivity index (χ0) is 13.0. The van der Waals surface area contributed by atoms with Crippen LogP contribution in [0.1, 0.15) is 32.1 Å². The van der Waals surface area contributed by atoms with Crippen LogP contribution in [0, 0.1) is 5.92 Å². The van der Waals surface area contributed by atoms with Gasteiger partial charge in [-0.25, -0.2) is 0 Å². The molecule has 0 radical (unpaired) electrons. The number of benzene rings is 1. The molecule has 1 aromatic carbocycles. The number of halogens is 2. The highest BCUT2D eigenvalue weighted by atomic mass is 79.9. The lowest BCUT2D eigenvalue weighted by atomic mass is 9.86. The first-order valence-corrected chi connectivity index (χ1v) is 7.44. The monoisotopic (exact) mass is 330 g/mol. The molecule has 0 heterocycles. The largest absolute Gasteiger partial charge is 0.485 e. The Hall–Kier alpha value is -0.540. The third-order valence-electron chi connectivity index (χ3n) is 3.32. The Morgan fingerprint density at radius 3 is 2.72 bits per heavy atom. The smallest absolute Gasteiger partial charge is 0.173 e. The first-order chi connectivity index (χ1) is 8.66. The van der Waals surface area contributed by atoms with Crippen LogP contribution in [0.15, 0.2) is 22.7 Å². The maximum atomic E-state index is 12.0. The van der Waals surface area contributed by atoms with Crippen LogP contribution in [-0.2, 0) is 4.79 Å². The molecule has 0 spiro atoms. The summed E-state index contributed by atoms with van der Waals surface area (Å²) >= 11 is 9.22. The molecule has 2 nitrogen and oxygen atoms in total. The molecule has 98 valence electrons. The topological polar surface area (TPSA) is 26.3 Å². The minimum atomic E-state index is 0.158. The minimum absolute atomic E-state index is 0.158. The third-order valence-corrected chi connectivity index (χ3v) is 4.18. The first kappa shape index (κ1) is 13.9. The summed E-state index contributed by atoms with van der Waals surface area (Å²) in [6.07, 6.45) is 5.63. The number of hydrogen-bond acceptors (Lipinski definition) is 2. The molecule has 1 aliphatic carbocycles. The van der Waals surface area contributed by atoms with E-state index in [0.717, 1.165) is 17.3 Å². The van der Waals surface area contributed by atoms with E-state index >= 15 is 0 Å². The minimum Gasteiger partial charge on any atom is -0.485 e. The van der Waals surface area contributed by atoms with Gasteiger partial charge in [0.2, 0.25) is 0 Å². The molecular formula is C14H16BrClO2. The van der Waals surface area contributed by atoms with E-state index in [4.69, 9.17) is 16.3 Å². The van der Waals surface area contributed by atoms with Crippen molar-refractivity contribution < 1.29 is 9.53 Å². The summed E-state index contributed by atoms with van der Waals surface area (Å²) in [7, 11) is 0. The SMILES string of the molecule is O=C(COc1ccc(Cl)cc1Br)C1CCCCC1. The standard InChI is InChI=1S/C14H16BrClO2/c15-12-8-11(16)6-7-14(12)18-9-13(17)10-4-2-1-3-5-10/h6-8,10H,1-5,9H2. The average molecular weight is 332 g/mol. The molecule has 0 saturated heterocycles. The summed E-state index contributed by atoms with van der Waals surface area (Å²) in [5.74, 6) is 1.09. The second-order valence-electron chi connectivity index (χ2n) is 4.66. The lowest BCUT2D eigenvalue weighted by Crippen LogP contribution is -2.23. The number of ether oxygens (including phenoxy) is 1. The lowest BCUT2D eigenvalue weighted by Gasteiger charge is -2.20. The summed E-state index contributed by atoms with van der Waals surface area (Å²) in [5.41, 5.74) is 0. The van der Waals surface area contributed by atoms with Gasteiger partial charge in [0, 0.05) is 10.9 Å². The van der Waals surface area contributed by atoms with Gasteiger partial charge in [-0.3, -0.25) is 4.79 Å². The Balaban J connectivity index is 1.88. The quantitative estimate of drug-likeness (QED) is 0.804. The molecule has 1 aromatic rings. The van der Waals surface area contributed by atoms with Crippen LogP contribution in [0.4, 0.5) is 0 Å². The molecule has 2 rings (SSSR count). The van der Waals surface area contributed by atoms with E-state index in [1.807, 2.05) is 0 Å². The van der Waals surface area contributed by atoms with Gasteiger partial charge >= 0.3 is 0 Å². The van der Waals surface area contributed by atoms with Crippen molar-refractivity contribution in [3.63, 3.8) is 0 Å². The van der Waals surface area contributed by atoms with Crippen molar-refractivity contribution in [2.75, 3.05) is 6.61 Å². The van der Waals surface area contributed by atoms with E-state index in [1.54, 1.807) is 18.2 Å². The van der Waals surface area contributed by atoms with E-state index in [0.29, 0.717) is 10.8 Å². The van der Waals surface area contributed by atoms with Crippen LogP contribution in [0.3, 0.4) is 0 Å². The van der Waals surface area contributed by atoms with E-state index in [9.17, 15) is 4.79 Å². The van der Waals surface area contributed by atoms with Gasteiger partial charge in [0.15, 0.2) is 5.78 Å². The molecule has 1 saturated carbocycles. The van der Waals surface area contributed by atoms with Crippen molar-refractivity contribution >= 4 is 33.3 Å². The van der Waals surface area contributed by atoms with Crippen LogP contribution in [0.25, 0.3) is 0 Å². The van der Waals surface area contributed by atoms with Crippen LogP contribution in [0.2, 0.25) is 5.02 Å². The van der Waals surface area contributed by atoms with Crippen molar-refractivity contribution in [1.29, 1.82) is 0 Å². The van der Waals surface area contributed by atoms with Crippen molar-refractivity contribution in [2.45, 2.75) is 32.1 Å². The fraction of sp³-hybridized carbons (Fsp3) is 0.500. The highest BCUT2D eigenvalue weighted by Crippen LogP contribution is 2.29. The zero-order valence-electron chi connectivity index (χ0n) is 10.1. The molecule has 0 aromatic heterocycles. The van der Waals surface area contributed by atoms with Gasteiger partial charge in [-0.05, 0) is 47.0 Å². The molecule has 1 fully saturated rings. The van der Waals surface area contributed by atoms with E-state index < -0.39 is 0 Å². The zero-order valence-corrected chi connectivity index (χ0v) is 12.5. The summed E-state index contributed by atoms with van der Waals surface area (Å²) < 4.78 is 6.34. The molecule has 18 heavy (non-hydrogen) atoms. The van der Waals surface area contributed by atoms with Crippen molar-refractivity contribution in [3.05, 3.63) is 27.7 Å². The van der Waals surface area contributed by atoms with Crippen LogP contribution in [0.5, 0.6) is 5.75 Å². The Bertz CT molecular complexity index is 428. The van der Waals surface area contributed by atoms with Gasteiger partial charge in [0.1, 0.15) is 12.4 Å². The molecule has 0 amide bonds. The van der Waals surface area contributed by atoms with Crippen molar-refractivity contribution in [1.82, 2.24) is 0 Å². The van der Waals surface area contributed by atoms with E-state index in [2.05, 4.69) is 15.9 Å². The van der Waals surface area contributed by atoms with Gasteiger partial charge in [-0.2, -0.15) is 0 Å². The number of ketones is 1. The molecular weight excluding hydrogens is 316 g/mol. The maximum Gasteiger partial charge on any atom is 0.173 e. The van der Waals surface area contributed by atoms with Crippen LogP contribution < -0.4 is 4.74 Å². The second kappa shape index (κ2) is 6.58. The number of rotatable bonds is 4. The number of Topliss-reactive ketones (excluding diaryl/α,β-unsaturated/α-hetero) is 1. The number of carbonyl (C=O) groups is 1. The summed E-state index contributed by atoms with van der Waals surface area (Å²) in [6, 6.07) is 5.30. The number of carbonyl (C=O) groups excluding carboxylic acids is 1. The second-order valence-corrected chi connectivity index (χ2v) is 5.96. The van der Waals surface area contributed by atoms with Gasteiger partial charge in [-0.15, -0.1) is 0 Å². The van der Waals surface area contributed by atoms with Gasteiger partial charge < -0.3 is 4.74 Å². The fourth-order valence-electron chi connectivity index (χ4n) is 2.28. The highest BCUT2D eigenvalue weighted by Gasteiger charge is 2.21. The van der Waals surface area contributed by atoms with Gasteiger partial charge in [-0.1, -0.05) is 30.9 Å². The number of hydrogen-bond donors (Lipinski definition) is 0. The molecule has 1 aliphatic rings. The molecule has 4 heteroatoms. The highest BCUT2D eigenvalue weighted by molar-refractivity contribution is 9.10. The first-order valence-electron chi connectivity index (χ1n) is 6.27. The molecule has 0 aliphatic heterocycles. The van der Waals surface area contributed by atoms with Gasteiger partial charge in [0.05, 0.1) is 4.47 Å². The van der Waals surface area contributed by atoms with E-state index in [-0.39, 0.29) is 18.3 Å². The maximum absolute atomic E-state index is 12.0. The average Bonchev–Trinajstić information content (AvgIpc) is 2.38. The summed E-state index contributed by atoms with van der Waals surface area (Å²) in [6.45, 7) is 0.158. The van der Waals surface area contributed by atoms with Crippen molar-refractivity contribution in [2.24, 2.45) is 5.92 Å². The predicted molar refractivity (Wildman–Crippen MR) is 76.2 cm³/mol. The van der Waals surface area contributed by atoms with Crippen molar-refractivity contribution in [3.8, 4) is 5.75 Å². The molecule has 0 atom stereocenters. The lowest BCUT2D eigenvalue weighted by molar-refractivity contribution is -0.125. The predicted octanol–water partition coefficient (Wildman–Crippen LogP) is 4.63. The van der Waals surface area contributed by atoms with Crippen LogP contribution >= 0.6 is 27.5 Å². The third kappa shape index (κ3) is 3.72. The Kier molecular flexibility index (Phi) is 5.07. The molecule has 0 unspecified atom stereocenters. The van der Waals surface area contributed by atoms with Gasteiger partial charge in [0.25, 0.3) is 0 Å². The normalized spacial score (nSPS) is 16.6. The summed E-state index contributed by atoms with van der Waals surface area (Å²) in [5, 5.41) is 0.646. The molecule has 0 bridgehead atoms. The summed E-state index contributed by atoms with van der Waals surface area (Å²) in [4.78, 5) is 12.0. The molecule has 0 N–H and O–H groups in total. The fourth-order valence-corrected chi connectivity index (χ4v) is 3.08. The Morgan fingerprint density at radius 2 is 2.06 bits per heavy atom.